The van der Waals surface area contributed by atoms with Crippen molar-refractivity contribution in [2.24, 2.45) is 0 Å². The number of phenols is 1. The van der Waals surface area contributed by atoms with Crippen molar-refractivity contribution in [1.29, 1.82) is 0 Å². The van der Waals surface area contributed by atoms with E-state index < -0.39 is 48.5 Å². The van der Waals surface area contributed by atoms with Gasteiger partial charge in [-0.2, -0.15) is 0 Å². The maximum Gasteiger partial charge on any atom is 0.229 e. The van der Waals surface area contributed by atoms with Crippen LogP contribution in [0.4, 0.5) is 0 Å². The van der Waals surface area contributed by atoms with Gasteiger partial charge in [-0.3, -0.25) is 4.79 Å². The molecule has 1 aliphatic heterocycles. The fourth-order valence-electron chi connectivity index (χ4n) is 3.36. The highest BCUT2D eigenvalue weighted by molar-refractivity contribution is 5.85. The third-order valence-electron chi connectivity index (χ3n) is 5.02. The summed E-state index contributed by atoms with van der Waals surface area (Å²) in [5, 5.41) is 60.8. The van der Waals surface area contributed by atoms with Crippen LogP contribution in [0.3, 0.4) is 0 Å². The molecule has 0 saturated carbocycles. The number of phenolic OH excluding ortho intramolecular Hbond substituents is 1. The summed E-state index contributed by atoms with van der Waals surface area (Å²) in [7, 11) is 0. The quantitative estimate of drug-likeness (QED) is 0.360. The van der Waals surface area contributed by atoms with Crippen molar-refractivity contribution in [2.75, 3.05) is 6.61 Å². The predicted octanol–water partition coefficient (Wildman–Crippen LogP) is -0.582. The Morgan fingerprint density at radius 1 is 1.00 bits per heavy atom. The third-order valence-corrected chi connectivity index (χ3v) is 5.02. The van der Waals surface area contributed by atoms with Crippen LogP contribution >= 0.6 is 0 Å². The maximum absolute atomic E-state index is 12.5. The monoisotopic (exact) mass is 431 g/mol. The summed E-state index contributed by atoms with van der Waals surface area (Å²) in [6.07, 6.45) is -7.56. The molecule has 10 heteroatoms. The number of hydrogen-bond donors (Lipinski definition) is 5. The van der Waals surface area contributed by atoms with Crippen LogP contribution in [0.25, 0.3) is 22.3 Å². The van der Waals surface area contributed by atoms with Gasteiger partial charge in [0.1, 0.15) is 47.3 Å². The molecule has 1 aromatic heterocycles. The molecule has 2 aromatic carbocycles. The smallest absolute Gasteiger partial charge is 0.229 e. The topological polar surface area (TPSA) is 173 Å². The molecule has 0 unspecified atom stereocenters. The van der Waals surface area contributed by atoms with E-state index in [4.69, 9.17) is 13.9 Å². The van der Waals surface area contributed by atoms with Gasteiger partial charge in [-0.15, -0.1) is 0 Å². The molecule has 1 saturated heterocycles. The SMILES string of the molecule is O=c1cc(-c2ccc(O)cc2)oc2cc(O[C@@H]3O[C@H](CO)[C@@H](O)[C@H](O)[C@H]3O)cc([O-])c12. The van der Waals surface area contributed by atoms with Gasteiger partial charge < -0.3 is 44.5 Å². The van der Waals surface area contributed by atoms with E-state index in [1.165, 1.54) is 30.3 Å². The lowest BCUT2D eigenvalue weighted by Crippen LogP contribution is -2.60. The molecule has 0 aliphatic carbocycles. The van der Waals surface area contributed by atoms with Crippen molar-refractivity contribution in [3.05, 3.63) is 52.7 Å². The van der Waals surface area contributed by atoms with Gasteiger partial charge in [-0.1, -0.05) is 5.75 Å². The van der Waals surface area contributed by atoms with Gasteiger partial charge >= 0.3 is 0 Å². The van der Waals surface area contributed by atoms with E-state index in [1.807, 2.05) is 0 Å². The summed E-state index contributed by atoms with van der Waals surface area (Å²) >= 11 is 0. The predicted molar refractivity (Wildman–Crippen MR) is 103 cm³/mol. The highest BCUT2D eigenvalue weighted by Crippen LogP contribution is 2.32. The van der Waals surface area contributed by atoms with Crippen LogP contribution in [-0.2, 0) is 4.74 Å². The fourth-order valence-corrected chi connectivity index (χ4v) is 3.36. The first kappa shape index (κ1) is 21.1. The van der Waals surface area contributed by atoms with E-state index in [0.29, 0.717) is 5.56 Å². The first-order valence-corrected chi connectivity index (χ1v) is 9.34. The van der Waals surface area contributed by atoms with Gasteiger partial charge in [0, 0.05) is 17.7 Å². The van der Waals surface area contributed by atoms with Crippen LogP contribution < -0.4 is 15.3 Å². The van der Waals surface area contributed by atoms with Crippen molar-refractivity contribution in [3.63, 3.8) is 0 Å². The van der Waals surface area contributed by atoms with E-state index in [2.05, 4.69) is 0 Å². The Morgan fingerprint density at radius 3 is 2.39 bits per heavy atom. The Kier molecular flexibility index (Phi) is 5.56. The van der Waals surface area contributed by atoms with Crippen LogP contribution in [-0.4, -0.2) is 62.8 Å². The average molecular weight is 431 g/mol. The van der Waals surface area contributed by atoms with Crippen LogP contribution in [0.5, 0.6) is 17.2 Å². The van der Waals surface area contributed by atoms with Crippen molar-refractivity contribution in [3.8, 4) is 28.6 Å². The largest absolute Gasteiger partial charge is 0.872 e. The number of rotatable bonds is 4. The molecule has 0 amide bonds. The lowest BCUT2D eigenvalue weighted by Gasteiger charge is -2.39. The highest BCUT2D eigenvalue weighted by Gasteiger charge is 2.44. The second-order valence-corrected chi connectivity index (χ2v) is 7.13. The van der Waals surface area contributed by atoms with E-state index >= 15 is 0 Å². The number of benzene rings is 2. The first-order valence-electron chi connectivity index (χ1n) is 9.34. The van der Waals surface area contributed by atoms with E-state index in [-0.39, 0.29) is 28.2 Å². The van der Waals surface area contributed by atoms with Crippen LogP contribution in [0.2, 0.25) is 0 Å². The number of aliphatic hydroxyl groups is 4. The number of aromatic hydroxyl groups is 1. The summed E-state index contributed by atoms with van der Waals surface area (Å²) < 4.78 is 16.4. The molecule has 2 heterocycles. The van der Waals surface area contributed by atoms with E-state index in [0.717, 1.165) is 12.1 Å². The Morgan fingerprint density at radius 2 is 1.71 bits per heavy atom. The Labute approximate surface area is 174 Å². The number of fused-ring (bicyclic) bond motifs is 1. The number of aliphatic hydroxyl groups excluding tert-OH is 4. The normalized spacial score (nSPS) is 26.1. The lowest BCUT2D eigenvalue weighted by molar-refractivity contribution is -0.278. The molecule has 1 aliphatic rings. The van der Waals surface area contributed by atoms with Crippen molar-refractivity contribution >= 4 is 11.0 Å². The summed E-state index contributed by atoms with van der Waals surface area (Å²) in [6.45, 7) is -0.639. The molecular weight excluding hydrogens is 412 g/mol. The van der Waals surface area contributed by atoms with Crippen molar-refractivity contribution in [1.82, 2.24) is 0 Å². The molecule has 4 rings (SSSR count). The lowest BCUT2D eigenvalue weighted by atomic mass is 9.99. The second-order valence-electron chi connectivity index (χ2n) is 7.13. The average Bonchev–Trinajstić information content (AvgIpc) is 2.74. The van der Waals surface area contributed by atoms with Crippen LogP contribution in [0.15, 0.2) is 51.7 Å². The van der Waals surface area contributed by atoms with Gasteiger partial charge in [-0.25, -0.2) is 0 Å². The highest BCUT2D eigenvalue weighted by atomic mass is 16.7. The molecule has 31 heavy (non-hydrogen) atoms. The minimum atomic E-state index is -1.67. The summed E-state index contributed by atoms with van der Waals surface area (Å²) in [4.78, 5) is 12.5. The minimum absolute atomic E-state index is 0.0314. The fraction of sp³-hybridized carbons (Fsp3) is 0.286. The van der Waals surface area contributed by atoms with Crippen molar-refractivity contribution in [2.45, 2.75) is 30.7 Å². The van der Waals surface area contributed by atoms with E-state index in [9.17, 15) is 35.4 Å². The molecule has 1 fully saturated rings. The molecule has 0 spiro atoms. The molecule has 0 radical (unpaired) electrons. The zero-order valence-electron chi connectivity index (χ0n) is 15.9. The Bertz CT molecular complexity index is 1140. The third kappa shape index (κ3) is 3.94. The molecule has 10 nitrogen and oxygen atoms in total. The summed E-state index contributed by atoms with van der Waals surface area (Å²) in [5.41, 5.74) is -0.166. The molecule has 5 N–H and O–H groups in total. The second kappa shape index (κ2) is 8.17. The summed E-state index contributed by atoms with van der Waals surface area (Å²) in [5.74, 6) is -0.623. The van der Waals surface area contributed by atoms with Gasteiger partial charge in [0.2, 0.25) is 6.29 Å². The van der Waals surface area contributed by atoms with Gasteiger partial charge in [0.05, 0.1) is 12.0 Å². The first-order chi connectivity index (χ1) is 14.8. The van der Waals surface area contributed by atoms with Crippen molar-refractivity contribution < 1.29 is 44.5 Å². The molecule has 3 aromatic rings. The number of ether oxygens (including phenoxy) is 2. The molecule has 5 atom stereocenters. The standard InChI is InChI=1S/C21H20O10/c22-8-16-18(26)19(27)20(28)21(31-16)29-11-5-12(24)17-13(25)7-14(30-15(17)6-11)9-1-3-10(23)4-2-9/h1-7,16,18-24,26-28H,8H2/p-1/t16-,18-,19+,20-,21-/m1/s1. The zero-order chi connectivity index (χ0) is 22.3. The Hall–Kier alpha value is -3.15. The van der Waals surface area contributed by atoms with Gasteiger partial charge in [-0.05, 0) is 30.3 Å². The summed E-state index contributed by atoms with van der Waals surface area (Å²) in [6, 6.07) is 9.31. The van der Waals surface area contributed by atoms with E-state index in [1.54, 1.807) is 0 Å². The van der Waals surface area contributed by atoms with Gasteiger partial charge in [0.25, 0.3) is 0 Å². The van der Waals surface area contributed by atoms with Crippen LogP contribution in [0.1, 0.15) is 0 Å². The van der Waals surface area contributed by atoms with Gasteiger partial charge in [0.15, 0.2) is 5.43 Å². The zero-order valence-corrected chi connectivity index (χ0v) is 15.9. The van der Waals surface area contributed by atoms with Crippen LogP contribution in [0, 0.1) is 0 Å². The Balaban J connectivity index is 1.71. The number of hydrogen-bond acceptors (Lipinski definition) is 10. The minimum Gasteiger partial charge on any atom is -0.872 e. The molecular formula is C21H19O10-. The molecule has 164 valence electrons. The maximum atomic E-state index is 12.5. The molecule has 0 bridgehead atoms.